The predicted octanol–water partition coefficient (Wildman–Crippen LogP) is 0.428. The van der Waals surface area contributed by atoms with Crippen LogP contribution < -0.4 is 5.32 Å². The molecule has 0 aromatic rings. The van der Waals surface area contributed by atoms with Gasteiger partial charge in [0.1, 0.15) is 0 Å². The van der Waals surface area contributed by atoms with Crippen LogP contribution in [0.15, 0.2) is 0 Å². The van der Waals surface area contributed by atoms with Gasteiger partial charge in [0.15, 0.2) is 0 Å². The predicted molar refractivity (Wildman–Crippen MR) is 44.5 cm³/mol. The zero-order valence-electron chi connectivity index (χ0n) is 7.18. The van der Waals surface area contributed by atoms with Gasteiger partial charge in [0.2, 0.25) is 5.91 Å². The van der Waals surface area contributed by atoms with Gasteiger partial charge in [-0.25, -0.2) is 0 Å². The molecular weight excluding hydrogens is 154 g/mol. The number of carbonyl (C=O) groups is 1. The maximum atomic E-state index is 11.1. The van der Waals surface area contributed by atoms with Crippen LogP contribution in [0.4, 0.5) is 0 Å². The third-order valence-corrected chi connectivity index (χ3v) is 3.41. The number of nitrogens with one attached hydrogen (secondary N) is 1. The zero-order chi connectivity index (χ0) is 8.60. The van der Waals surface area contributed by atoms with Crippen LogP contribution in [-0.4, -0.2) is 23.7 Å². The lowest BCUT2D eigenvalue weighted by Crippen LogP contribution is -2.50. The minimum Gasteiger partial charge on any atom is -0.396 e. The van der Waals surface area contributed by atoms with Gasteiger partial charge in [0, 0.05) is 17.9 Å². The Bertz CT molecular complexity index is 205. The molecule has 0 radical (unpaired) electrons. The molecule has 0 aromatic heterocycles. The highest BCUT2D eigenvalue weighted by molar-refractivity contribution is 5.77. The van der Waals surface area contributed by atoms with Crippen molar-refractivity contribution in [3.63, 3.8) is 0 Å². The minimum atomic E-state index is 0.0356. The number of fused-ring (bicyclic) bond motifs is 1. The SMILES string of the molecule is O=C1CCC2(CO)CCCC2N1. The second-order valence-electron chi connectivity index (χ2n) is 4.03. The Balaban J connectivity index is 2.15. The molecule has 2 rings (SSSR count). The van der Waals surface area contributed by atoms with Crippen LogP contribution in [-0.2, 0) is 4.79 Å². The van der Waals surface area contributed by atoms with Gasteiger partial charge in [-0.05, 0) is 19.3 Å². The van der Waals surface area contributed by atoms with Crippen LogP contribution in [0.2, 0.25) is 0 Å². The number of carbonyl (C=O) groups excluding carboxylic acids is 1. The Hall–Kier alpha value is -0.570. The van der Waals surface area contributed by atoms with Crippen LogP contribution in [0.3, 0.4) is 0 Å². The first-order valence-electron chi connectivity index (χ1n) is 4.67. The van der Waals surface area contributed by atoms with E-state index in [-0.39, 0.29) is 24.0 Å². The van der Waals surface area contributed by atoms with E-state index in [0.29, 0.717) is 6.42 Å². The summed E-state index contributed by atoms with van der Waals surface area (Å²) in [5, 5.41) is 12.3. The highest BCUT2D eigenvalue weighted by Gasteiger charge is 2.45. The summed E-state index contributed by atoms with van der Waals surface area (Å²) in [6.45, 7) is 0.234. The van der Waals surface area contributed by atoms with Crippen LogP contribution in [0, 0.1) is 5.41 Å². The molecular formula is C9H15NO2. The van der Waals surface area contributed by atoms with E-state index >= 15 is 0 Å². The van der Waals surface area contributed by atoms with E-state index in [1.54, 1.807) is 0 Å². The van der Waals surface area contributed by atoms with Gasteiger partial charge in [0.25, 0.3) is 0 Å². The van der Waals surface area contributed by atoms with Crippen molar-refractivity contribution in [1.29, 1.82) is 0 Å². The average Bonchev–Trinajstić information content (AvgIpc) is 2.48. The van der Waals surface area contributed by atoms with Gasteiger partial charge in [-0.1, -0.05) is 6.42 Å². The maximum Gasteiger partial charge on any atom is 0.220 e. The highest BCUT2D eigenvalue weighted by Crippen LogP contribution is 2.43. The van der Waals surface area contributed by atoms with Crippen LogP contribution in [0.1, 0.15) is 32.1 Å². The summed E-state index contributed by atoms with van der Waals surface area (Å²) in [4.78, 5) is 11.1. The van der Waals surface area contributed by atoms with Crippen molar-refractivity contribution < 1.29 is 9.90 Å². The summed E-state index contributed by atoms with van der Waals surface area (Å²) in [6, 6.07) is 0.253. The van der Waals surface area contributed by atoms with Crippen molar-refractivity contribution in [3.8, 4) is 0 Å². The van der Waals surface area contributed by atoms with E-state index in [4.69, 9.17) is 0 Å². The molecule has 2 N–H and O–H groups in total. The molecule has 3 heteroatoms. The molecule has 1 amide bonds. The Morgan fingerprint density at radius 3 is 3.17 bits per heavy atom. The van der Waals surface area contributed by atoms with Crippen molar-refractivity contribution in [2.45, 2.75) is 38.1 Å². The lowest BCUT2D eigenvalue weighted by Gasteiger charge is -2.38. The number of rotatable bonds is 1. The number of piperidine rings is 1. The topological polar surface area (TPSA) is 49.3 Å². The molecule has 68 valence electrons. The van der Waals surface area contributed by atoms with E-state index in [0.717, 1.165) is 25.7 Å². The molecule has 1 saturated heterocycles. The van der Waals surface area contributed by atoms with Crippen LogP contribution in [0.5, 0.6) is 0 Å². The van der Waals surface area contributed by atoms with Crippen molar-refractivity contribution >= 4 is 5.91 Å². The number of amides is 1. The molecule has 1 saturated carbocycles. The van der Waals surface area contributed by atoms with E-state index in [9.17, 15) is 9.90 Å². The molecule has 0 spiro atoms. The van der Waals surface area contributed by atoms with Gasteiger partial charge in [-0.2, -0.15) is 0 Å². The fraction of sp³-hybridized carbons (Fsp3) is 0.889. The monoisotopic (exact) mass is 169 g/mol. The summed E-state index contributed by atoms with van der Waals surface area (Å²) < 4.78 is 0. The van der Waals surface area contributed by atoms with Crippen LogP contribution in [0.25, 0.3) is 0 Å². The maximum absolute atomic E-state index is 11.1. The fourth-order valence-electron chi connectivity index (χ4n) is 2.56. The van der Waals surface area contributed by atoms with Gasteiger partial charge in [0.05, 0.1) is 6.61 Å². The number of aliphatic hydroxyl groups is 1. The highest BCUT2D eigenvalue weighted by atomic mass is 16.3. The first-order chi connectivity index (χ1) is 5.77. The summed E-state index contributed by atoms with van der Waals surface area (Å²) in [7, 11) is 0. The molecule has 2 atom stereocenters. The summed E-state index contributed by atoms with van der Waals surface area (Å²) in [5.74, 6) is 0.158. The molecule has 2 aliphatic rings. The molecule has 2 unspecified atom stereocenters. The summed E-state index contributed by atoms with van der Waals surface area (Å²) in [5.41, 5.74) is 0.0356. The number of hydrogen-bond donors (Lipinski definition) is 2. The molecule has 1 heterocycles. The van der Waals surface area contributed by atoms with Crippen molar-refractivity contribution in [2.24, 2.45) is 5.41 Å². The molecule has 0 bridgehead atoms. The van der Waals surface area contributed by atoms with E-state index in [1.807, 2.05) is 0 Å². The van der Waals surface area contributed by atoms with Crippen molar-refractivity contribution in [2.75, 3.05) is 6.61 Å². The number of hydrogen-bond acceptors (Lipinski definition) is 2. The largest absolute Gasteiger partial charge is 0.396 e. The van der Waals surface area contributed by atoms with Gasteiger partial charge < -0.3 is 10.4 Å². The molecule has 1 aliphatic carbocycles. The number of aliphatic hydroxyl groups excluding tert-OH is 1. The quantitative estimate of drug-likeness (QED) is 0.598. The van der Waals surface area contributed by atoms with E-state index in [1.165, 1.54) is 0 Å². The minimum absolute atomic E-state index is 0.0356. The van der Waals surface area contributed by atoms with Crippen molar-refractivity contribution in [3.05, 3.63) is 0 Å². The third-order valence-electron chi connectivity index (χ3n) is 3.41. The molecule has 0 aromatic carbocycles. The Morgan fingerprint density at radius 1 is 1.58 bits per heavy atom. The Morgan fingerprint density at radius 2 is 2.42 bits per heavy atom. The Labute approximate surface area is 72.2 Å². The lowest BCUT2D eigenvalue weighted by atomic mass is 9.76. The smallest absolute Gasteiger partial charge is 0.220 e. The zero-order valence-corrected chi connectivity index (χ0v) is 7.18. The van der Waals surface area contributed by atoms with E-state index in [2.05, 4.69) is 5.32 Å². The lowest BCUT2D eigenvalue weighted by molar-refractivity contribution is -0.126. The Kier molecular flexibility index (Phi) is 1.83. The van der Waals surface area contributed by atoms with Crippen LogP contribution >= 0.6 is 0 Å². The molecule has 2 fully saturated rings. The van der Waals surface area contributed by atoms with Gasteiger partial charge >= 0.3 is 0 Å². The van der Waals surface area contributed by atoms with Crippen molar-refractivity contribution in [1.82, 2.24) is 5.32 Å². The summed E-state index contributed by atoms with van der Waals surface area (Å²) in [6.07, 6.45) is 4.74. The molecule has 12 heavy (non-hydrogen) atoms. The molecule has 1 aliphatic heterocycles. The van der Waals surface area contributed by atoms with Gasteiger partial charge in [-0.3, -0.25) is 4.79 Å². The second kappa shape index (κ2) is 2.73. The standard InChI is InChI=1S/C9H15NO2/c11-6-9-4-1-2-7(9)10-8(12)3-5-9/h7,11H,1-6H2,(H,10,12). The third kappa shape index (κ3) is 1.04. The average molecular weight is 169 g/mol. The summed E-state index contributed by atoms with van der Waals surface area (Å²) >= 11 is 0. The second-order valence-corrected chi connectivity index (χ2v) is 4.03. The molecule has 3 nitrogen and oxygen atoms in total. The van der Waals surface area contributed by atoms with Gasteiger partial charge in [-0.15, -0.1) is 0 Å². The van der Waals surface area contributed by atoms with E-state index < -0.39 is 0 Å². The fourth-order valence-corrected chi connectivity index (χ4v) is 2.56. The normalized spacial score (nSPS) is 40.8. The first-order valence-corrected chi connectivity index (χ1v) is 4.67. The first kappa shape index (κ1) is 8.05.